The van der Waals surface area contributed by atoms with Gasteiger partial charge in [0.05, 0.1) is 12.2 Å². The van der Waals surface area contributed by atoms with Crippen LogP contribution in [0.4, 0.5) is 8.78 Å². The van der Waals surface area contributed by atoms with Gasteiger partial charge in [0, 0.05) is 5.56 Å². The van der Waals surface area contributed by atoms with Crippen molar-refractivity contribution in [2.45, 2.75) is 71.6 Å². The van der Waals surface area contributed by atoms with Gasteiger partial charge in [0.2, 0.25) is 5.82 Å². The maximum absolute atomic E-state index is 14.3. The maximum Gasteiger partial charge on any atom is 0.201 e. The highest BCUT2D eigenvalue weighted by molar-refractivity contribution is 5.46. The number of hydrogen-bond donors (Lipinski definition) is 0. The van der Waals surface area contributed by atoms with Crippen LogP contribution < -0.4 is 4.74 Å². The molecule has 0 spiro atoms. The minimum absolute atomic E-state index is 0.0448. The van der Waals surface area contributed by atoms with Crippen molar-refractivity contribution < 1.29 is 13.5 Å². The van der Waals surface area contributed by atoms with Crippen LogP contribution in [0.5, 0.6) is 5.75 Å². The molecule has 2 rings (SSSR count). The summed E-state index contributed by atoms with van der Waals surface area (Å²) in [6.45, 7) is 4.69. The SMILES string of the molecule is CCCCCCCc1ccc(C#Cc2ccc(OCCCCC)c(F)c2F)cc1. The van der Waals surface area contributed by atoms with E-state index in [-0.39, 0.29) is 11.3 Å². The average Bonchev–Trinajstić information content (AvgIpc) is 2.74. The van der Waals surface area contributed by atoms with Gasteiger partial charge in [0.1, 0.15) is 0 Å². The van der Waals surface area contributed by atoms with Crippen molar-refractivity contribution in [2.24, 2.45) is 0 Å². The van der Waals surface area contributed by atoms with Gasteiger partial charge in [-0.25, -0.2) is 4.39 Å². The molecule has 0 N–H and O–H groups in total. The van der Waals surface area contributed by atoms with Gasteiger partial charge in [-0.2, -0.15) is 4.39 Å². The second-order valence-electron chi connectivity index (χ2n) is 7.41. The summed E-state index contributed by atoms with van der Waals surface area (Å²) in [5, 5.41) is 0. The Morgan fingerprint density at radius 1 is 0.724 bits per heavy atom. The Kier molecular flexibility index (Phi) is 10.3. The first kappa shape index (κ1) is 22.9. The number of ether oxygens (including phenoxy) is 1. The Hall–Kier alpha value is -2.34. The summed E-state index contributed by atoms with van der Waals surface area (Å²) in [6.07, 6.45) is 10.3. The Morgan fingerprint density at radius 3 is 2.14 bits per heavy atom. The minimum atomic E-state index is -0.966. The molecule has 0 fully saturated rings. The van der Waals surface area contributed by atoms with E-state index in [1.807, 2.05) is 12.1 Å². The van der Waals surface area contributed by atoms with Gasteiger partial charge >= 0.3 is 0 Å². The molecule has 0 aliphatic rings. The lowest BCUT2D eigenvalue weighted by molar-refractivity contribution is 0.286. The normalized spacial score (nSPS) is 10.5. The minimum Gasteiger partial charge on any atom is -0.490 e. The molecule has 0 radical (unpaired) electrons. The Bertz CT molecular complexity index is 800. The zero-order valence-electron chi connectivity index (χ0n) is 17.7. The predicted octanol–water partition coefficient (Wildman–Crippen LogP) is 7.45. The largest absolute Gasteiger partial charge is 0.490 e. The zero-order valence-corrected chi connectivity index (χ0v) is 17.7. The van der Waals surface area contributed by atoms with Crippen molar-refractivity contribution in [3.63, 3.8) is 0 Å². The van der Waals surface area contributed by atoms with Gasteiger partial charge in [-0.3, -0.25) is 0 Å². The fourth-order valence-corrected chi connectivity index (χ4v) is 3.10. The first-order chi connectivity index (χ1) is 14.2. The standard InChI is InChI=1S/C26H32F2O/c1-3-5-7-8-9-11-21-12-14-22(15-13-21)16-17-23-18-19-24(26(28)25(23)27)29-20-10-6-4-2/h12-15,18-19H,3-11,20H2,1-2H3. The van der Waals surface area contributed by atoms with Crippen molar-refractivity contribution in [1.29, 1.82) is 0 Å². The Balaban J connectivity index is 1.94. The van der Waals surface area contributed by atoms with E-state index in [0.717, 1.165) is 31.2 Å². The van der Waals surface area contributed by atoms with Crippen LogP contribution in [0.1, 0.15) is 81.9 Å². The molecule has 0 saturated carbocycles. The predicted molar refractivity (Wildman–Crippen MR) is 116 cm³/mol. The van der Waals surface area contributed by atoms with Gasteiger partial charge in [-0.05, 0) is 49.1 Å². The smallest absolute Gasteiger partial charge is 0.201 e. The van der Waals surface area contributed by atoms with E-state index in [1.54, 1.807) is 0 Å². The van der Waals surface area contributed by atoms with Crippen LogP contribution in [0.3, 0.4) is 0 Å². The molecular formula is C26H32F2O. The highest BCUT2D eigenvalue weighted by atomic mass is 19.2. The summed E-state index contributed by atoms with van der Waals surface area (Å²) < 4.78 is 33.8. The lowest BCUT2D eigenvalue weighted by Gasteiger charge is -2.08. The van der Waals surface area contributed by atoms with E-state index in [2.05, 4.69) is 37.8 Å². The topological polar surface area (TPSA) is 9.23 Å². The van der Waals surface area contributed by atoms with E-state index < -0.39 is 11.6 Å². The number of unbranched alkanes of at least 4 members (excludes halogenated alkanes) is 6. The first-order valence-corrected chi connectivity index (χ1v) is 10.9. The first-order valence-electron chi connectivity index (χ1n) is 10.9. The molecule has 0 heterocycles. The van der Waals surface area contributed by atoms with Crippen molar-refractivity contribution in [1.82, 2.24) is 0 Å². The Labute approximate surface area is 174 Å². The maximum atomic E-state index is 14.3. The summed E-state index contributed by atoms with van der Waals surface area (Å²) in [4.78, 5) is 0. The van der Waals surface area contributed by atoms with Crippen LogP contribution in [-0.2, 0) is 6.42 Å². The molecule has 2 aromatic rings. The summed E-state index contributed by atoms with van der Waals surface area (Å²) in [5.74, 6) is 3.70. The van der Waals surface area contributed by atoms with Crippen molar-refractivity contribution in [3.05, 3.63) is 64.7 Å². The lowest BCUT2D eigenvalue weighted by Crippen LogP contribution is -2.01. The molecule has 0 aliphatic heterocycles. The molecular weight excluding hydrogens is 366 g/mol. The summed E-state index contributed by atoms with van der Waals surface area (Å²) in [6, 6.07) is 10.9. The number of benzene rings is 2. The fourth-order valence-electron chi connectivity index (χ4n) is 3.10. The molecule has 1 nitrogen and oxygen atoms in total. The summed E-state index contributed by atoms with van der Waals surface area (Å²) >= 11 is 0. The molecule has 156 valence electrons. The van der Waals surface area contributed by atoms with Crippen LogP contribution in [0.2, 0.25) is 0 Å². The van der Waals surface area contributed by atoms with E-state index in [4.69, 9.17) is 4.74 Å². The molecule has 0 saturated heterocycles. The van der Waals surface area contributed by atoms with Crippen LogP contribution in [0.25, 0.3) is 0 Å². The molecule has 2 aromatic carbocycles. The van der Waals surface area contributed by atoms with Gasteiger partial charge in [-0.15, -0.1) is 0 Å². The fraction of sp³-hybridized carbons (Fsp3) is 0.462. The lowest BCUT2D eigenvalue weighted by atomic mass is 10.0. The monoisotopic (exact) mass is 398 g/mol. The van der Waals surface area contributed by atoms with E-state index in [9.17, 15) is 8.78 Å². The van der Waals surface area contributed by atoms with Gasteiger partial charge in [0.15, 0.2) is 11.6 Å². The zero-order chi connectivity index (χ0) is 20.9. The van der Waals surface area contributed by atoms with Crippen LogP contribution >= 0.6 is 0 Å². The third kappa shape index (κ3) is 7.89. The Morgan fingerprint density at radius 2 is 1.41 bits per heavy atom. The molecule has 0 aromatic heterocycles. The van der Waals surface area contributed by atoms with Crippen LogP contribution in [0, 0.1) is 23.5 Å². The van der Waals surface area contributed by atoms with Crippen LogP contribution in [0.15, 0.2) is 36.4 Å². The molecule has 3 heteroatoms. The second kappa shape index (κ2) is 13.0. The third-order valence-corrected chi connectivity index (χ3v) is 4.92. The molecule has 29 heavy (non-hydrogen) atoms. The average molecular weight is 399 g/mol. The van der Waals surface area contributed by atoms with Crippen molar-refractivity contribution in [3.8, 4) is 17.6 Å². The number of halogens is 2. The molecule has 0 amide bonds. The molecule has 0 bridgehead atoms. The highest BCUT2D eigenvalue weighted by Crippen LogP contribution is 2.23. The van der Waals surface area contributed by atoms with Crippen molar-refractivity contribution >= 4 is 0 Å². The van der Waals surface area contributed by atoms with Crippen molar-refractivity contribution in [2.75, 3.05) is 6.61 Å². The van der Waals surface area contributed by atoms with E-state index in [1.165, 1.54) is 49.8 Å². The van der Waals surface area contributed by atoms with Gasteiger partial charge < -0.3 is 4.74 Å². The number of aryl methyl sites for hydroxylation is 1. The molecule has 0 unspecified atom stereocenters. The number of rotatable bonds is 11. The van der Waals surface area contributed by atoms with Gasteiger partial charge in [0.25, 0.3) is 0 Å². The quantitative estimate of drug-likeness (QED) is 0.282. The van der Waals surface area contributed by atoms with Crippen LogP contribution in [-0.4, -0.2) is 6.61 Å². The van der Waals surface area contributed by atoms with Gasteiger partial charge in [-0.1, -0.05) is 76.3 Å². The highest BCUT2D eigenvalue weighted by Gasteiger charge is 2.13. The second-order valence-corrected chi connectivity index (χ2v) is 7.41. The third-order valence-electron chi connectivity index (χ3n) is 4.92. The van der Waals surface area contributed by atoms with E-state index >= 15 is 0 Å². The molecule has 0 aliphatic carbocycles. The summed E-state index contributed by atoms with van der Waals surface area (Å²) in [7, 11) is 0. The summed E-state index contributed by atoms with van der Waals surface area (Å²) in [5.41, 5.74) is 2.12. The van der Waals surface area contributed by atoms with E-state index in [0.29, 0.717) is 6.61 Å². The number of hydrogen-bond acceptors (Lipinski definition) is 1. The molecule has 0 atom stereocenters.